The summed E-state index contributed by atoms with van der Waals surface area (Å²) in [7, 11) is 4.42. The van der Waals surface area contributed by atoms with E-state index in [1.807, 2.05) is 6.20 Å². The molecule has 2 fully saturated rings. The van der Waals surface area contributed by atoms with Crippen LogP contribution in [-0.2, 0) is 13.0 Å². The second kappa shape index (κ2) is 8.00. The summed E-state index contributed by atoms with van der Waals surface area (Å²) >= 11 is 0. The fourth-order valence-electron chi connectivity index (χ4n) is 4.69. The van der Waals surface area contributed by atoms with Crippen LogP contribution in [0, 0.1) is 0 Å². The standard InChI is InChI=1S/C23H32N6/c1-27-11-13-29(14-12-27)21-15-19(25-23(26-21)18-8-9-18)16-28(2)20-7-3-5-17-6-4-10-24-22(17)20/h4,6,10,15,18,20H,3,5,7-9,11-14,16H2,1-2H3. The van der Waals surface area contributed by atoms with Crippen molar-refractivity contribution in [2.24, 2.45) is 0 Å². The summed E-state index contributed by atoms with van der Waals surface area (Å²) in [5, 5.41) is 0. The second-order valence-corrected chi connectivity index (χ2v) is 9.01. The third-order valence-corrected chi connectivity index (χ3v) is 6.66. The number of rotatable bonds is 5. The number of hydrogen-bond donors (Lipinski definition) is 0. The van der Waals surface area contributed by atoms with Gasteiger partial charge in [-0.05, 0) is 57.8 Å². The first-order valence-corrected chi connectivity index (χ1v) is 11.1. The Morgan fingerprint density at radius 2 is 1.93 bits per heavy atom. The van der Waals surface area contributed by atoms with Crippen molar-refractivity contribution in [1.82, 2.24) is 24.8 Å². The molecule has 6 heteroatoms. The highest BCUT2D eigenvalue weighted by Crippen LogP contribution is 2.39. The zero-order valence-corrected chi connectivity index (χ0v) is 17.7. The lowest BCUT2D eigenvalue weighted by atomic mass is 9.91. The summed E-state index contributed by atoms with van der Waals surface area (Å²) in [5.41, 5.74) is 3.83. The van der Waals surface area contributed by atoms with Gasteiger partial charge in [-0.2, -0.15) is 0 Å². The number of likely N-dealkylation sites (N-methyl/N-ethyl adjacent to an activating group) is 1. The van der Waals surface area contributed by atoms with Crippen LogP contribution in [0.2, 0.25) is 0 Å². The minimum atomic E-state index is 0.381. The maximum Gasteiger partial charge on any atom is 0.134 e. The van der Waals surface area contributed by atoms with E-state index in [1.165, 1.54) is 36.9 Å². The van der Waals surface area contributed by atoms with Crippen molar-refractivity contribution < 1.29 is 0 Å². The van der Waals surface area contributed by atoms with Crippen LogP contribution in [0.3, 0.4) is 0 Å². The third kappa shape index (κ3) is 4.14. The molecule has 0 radical (unpaired) electrons. The molecule has 0 spiro atoms. The predicted octanol–water partition coefficient (Wildman–Crippen LogP) is 3.01. The molecular weight excluding hydrogens is 360 g/mol. The Kier molecular flexibility index (Phi) is 5.22. The molecule has 0 aromatic carbocycles. The smallest absolute Gasteiger partial charge is 0.134 e. The number of aromatic nitrogens is 3. The molecule has 1 unspecified atom stereocenters. The Labute approximate surface area is 174 Å². The molecule has 1 atom stereocenters. The summed E-state index contributed by atoms with van der Waals surface area (Å²) in [4.78, 5) is 22.0. The molecule has 154 valence electrons. The van der Waals surface area contributed by atoms with Crippen LogP contribution in [0.5, 0.6) is 0 Å². The van der Waals surface area contributed by atoms with E-state index in [0.717, 1.165) is 56.5 Å². The third-order valence-electron chi connectivity index (χ3n) is 6.66. The van der Waals surface area contributed by atoms with Gasteiger partial charge < -0.3 is 9.80 Å². The van der Waals surface area contributed by atoms with Gasteiger partial charge in [-0.1, -0.05) is 6.07 Å². The number of anilines is 1. The summed E-state index contributed by atoms with van der Waals surface area (Å²) in [5.74, 6) is 2.76. The van der Waals surface area contributed by atoms with Gasteiger partial charge in [0, 0.05) is 50.9 Å². The van der Waals surface area contributed by atoms with Crippen LogP contribution in [0.15, 0.2) is 24.4 Å². The zero-order valence-electron chi connectivity index (χ0n) is 17.7. The minimum absolute atomic E-state index is 0.381. The normalized spacial score (nSPS) is 22.7. The number of fused-ring (bicyclic) bond motifs is 1. The Morgan fingerprint density at radius 3 is 2.72 bits per heavy atom. The fourth-order valence-corrected chi connectivity index (χ4v) is 4.69. The summed E-state index contributed by atoms with van der Waals surface area (Å²) in [6, 6.07) is 6.92. The molecule has 0 amide bonds. The molecular formula is C23H32N6. The highest BCUT2D eigenvalue weighted by Gasteiger charge is 2.30. The van der Waals surface area contributed by atoms with E-state index < -0.39 is 0 Å². The highest BCUT2D eigenvalue weighted by molar-refractivity contribution is 5.41. The minimum Gasteiger partial charge on any atom is -0.354 e. The molecule has 2 aromatic heterocycles. The highest BCUT2D eigenvalue weighted by atomic mass is 15.3. The van der Waals surface area contributed by atoms with Crippen molar-refractivity contribution in [3.8, 4) is 0 Å². The van der Waals surface area contributed by atoms with Crippen molar-refractivity contribution in [1.29, 1.82) is 0 Å². The Hall–Kier alpha value is -2.05. The molecule has 29 heavy (non-hydrogen) atoms. The number of piperazine rings is 1. The van der Waals surface area contributed by atoms with Crippen molar-refractivity contribution in [3.63, 3.8) is 0 Å². The van der Waals surface area contributed by atoms with Gasteiger partial charge in [-0.25, -0.2) is 9.97 Å². The topological polar surface area (TPSA) is 48.4 Å². The van der Waals surface area contributed by atoms with E-state index in [1.54, 1.807) is 0 Å². The monoisotopic (exact) mass is 392 g/mol. The van der Waals surface area contributed by atoms with Crippen LogP contribution < -0.4 is 4.90 Å². The first kappa shape index (κ1) is 18.9. The van der Waals surface area contributed by atoms with Crippen LogP contribution in [-0.4, -0.2) is 65.0 Å². The first-order valence-electron chi connectivity index (χ1n) is 11.1. The van der Waals surface area contributed by atoms with E-state index in [2.05, 4.69) is 47.0 Å². The molecule has 1 aliphatic heterocycles. The molecule has 6 nitrogen and oxygen atoms in total. The molecule has 2 aliphatic carbocycles. The lowest BCUT2D eigenvalue weighted by molar-refractivity contribution is 0.206. The lowest BCUT2D eigenvalue weighted by Gasteiger charge is -2.34. The number of aryl methyl sites for hydroxylation is 1. The molecule has 2 aromatic rings. The molecule has 5 rings (SSSR count). The molecule has 3 aliphatic rings. The lowest BCUT2D eigenvalue weighted by Crippen LogP contribution is -2.45. The van der Waals surface area contributed by atoms with E-state index >= 15 is 0 Å². The molecule has 1 saturated heterocycles. The second-order valence-electron chi connectivity index (χ2n) is 9.01. The molecule has 0 N–H and O–H groups in total. The number of pyridine rings is 1. The van der Waals surface area contributed by atoms with E-state index in [9.17, 15) is 0 Å². The van der Waals surface area contributed by atoms with Gasteiger partial charge in [0.05, 0.1) is 17.4 Å². The first-order chi connectivity index (χ1) is 14.2. The predicted molar refractivity (Wildman–Crippen MR) is 115 cm³/mol. The quantitative estimate of drug-likeness (QED) is 0.780. The van der Waals surface area contributed by atoms with Gasteiger partial charge in [0.1, 0.15) is 11.6 Å². The molecule has 0 bridgehead atoms. The molecule has 1 saturated carbocycles. The van der Waals surface area contributed by atoms with Crippen LogP contribution in [0.1, 0.15) is 60.4 Å². The van der Waals surface area contributed by atoms with E-state index in [-0.39, 0.29) is 0 Å². The average Bonchev–Trinajstić information content (AvgIpc) is 3.59. The van der Waals surface area contributed by atoms with Crippen molar-refractivity contribution in [2.45, 2.75) is 50.6 Å². The SMILES string of the molecule is CN1CCN(c2cc(CN(C)C3CCCc4cccnc43)nc(C3CC3)n2)CC1. The number of hydrogen-bond acceptors (Lipinski definition) is 6. The van der Waals surface area contributed by atoms with Gasteiger partial charge in [0.15, 0.2) is 0 Å². The maximum atomic E-state index is 4.99. The van der Waals surface area contributed by atoms with Gasteiger partial charge in [0.2, 0.25) is 0 Å². The Balaban J connectivity index is 1.38. The Morgan fingerprint density at radius 1 is 1.10 bits per heavy atom. The van der Waals surface area contributed by atoms with Crippen molar-refractivity contribution in [3.05, 3.63) is 47.2 Å². The summed E-state index contributed by atoms with van der Waals surface area (Å²) in [6.45, 7) is 5.15. The van der Waals surface area contributed by atoms with Crippen LogP contribution >= 0.6 is 0 Å². The Bertz CT molecular complexity index is 856. The van der Waals surface area contributed by atoms with Crippen molar-refractivity contribution >= 4 is 5.82 Å². The van der Waals surface area contributed by atoms with Gasteiger partial charge >= 0.3 is 0 Å². The maximum absolute atomic E-state index is 4.99. The summed E-state index contributed by atoms with van der Waals surface area (Å²) in [6.07, 6.45) is 7.97. The van der Waals surface area contributed by atoms with Gasteiger partial charge in [-0.15, -0.1) is 0 Å². The van der Waals surface area contributed by atoms with Crippen molar-refractivity contribution in [2.75, 3.05) is 45.2 Å². The van der Waals surface area contributed by atoms with E-state index in [4.69, 9.17) is 15.0 Å². The van der Waals surface area contributed by atoms with Gasteiger partial charge in [-0.3, -0.25) is 9.88 Å². The summed E-state index contributed by atoms with van der Waals surface area (Å²) < 4.78 is 0. The van der Waals surface area contributed by atoms with Crippen LogP contribution in [0.25, 0.3) is 0 Å². The van der Waals surface area contributed by atoms with E-state index in [0.29, 0.717) is 12.0 Å². The number of nitrogens with zero attached hydrogens (tertiary/aromatic N) is 6. The van der Waals surface area contributed by atoms with Gasteiger partial charge in [0.25, 0.3) is 0 Å². The van der Waals surface area contributed by atoms with Crippen LogP contribution in [0.4, 0.5) is 5.82 Å². The average molecular weight is 393 g/mol. The molecule has 3 heterocycles. The fraction of sp³-hybridized carbons (Fsp3) is 0.609. The largest absolute Gasteiger partial charge is 0.354 e. The zero-order chi connectivity index (χ0) is 19.8.